The van der Waals surface area contributed by atoms with Crippen LogP contribution in [0, 0.1) is 0 Å². The Kier molecular flexibility index (Phi) is 11.8. The van der Waals surface area contributed by atoms with E-state index in [2.05, 4.69) is 20.5 Å². The number of aromatic nitrogens is 1. The predicted octanol–water partition coefficient (Wildman–Crippen LogP) is 3.84. The molecule has 220 valence electrons. The Hall–Kier alpha value is -3.32. The summed E-state index contributed by atoms with van der Waals surface area (Å²) in [5.41, 5.74) is 6.58. The van der Waals surface area contributed by atoms with Gasteiger partial charge in [-0.1, -0.05) is 36.5 Å². The maximum Gasteiger partial charge on any atom is 0.416 e. The van der Waals surface area contributed by atoms with Gasteiger partial charge in [-0.25, -0.2) is 9.82 Å². The summed E-state index contributed by atoms with van der Waals surface area (Å²) in [7, 11) is 0. The Morgan fingerprint density at radius 2 is 1.80 bits per heavy atom. The Labute approximate surface area is 246 Å². The number of carbonyl (C=O) groups is 2. The molecule has 41 heavy (non-hydrogen) atoms. The standard InChI is InChI=1S/C28H32ClF3N6O2S/c1-2-38(14-13-33)25(41)12-11-23(37-29)26(39)36-24(15-18-7-9-20(10-8-18)28(30,31)32)27(40)35-21-16-19-5-3-4-6-22(19)34-17-21/h3-10,16-17,23-24,37H,2,11-15,33H2,1H3,(H,35,40)(H,36,39)/p+1. The van der Waals surface area contributed by atoms with E-state index in [9.17, 15) is 22.8 Å². The molecule has 8 nitrogen and oxygen atoms in total. The molecule has 0 aliphatic carbocycles. The van der Waals surface area contributed by atoms with Gasteiger partial charge in [-0.15, -0.1) is 0 Å². The molecule has 2 atom stereocenters. The van der Waals surface area contributed by atoms with E-state index in [1.807, 2.05) is 36.1 Å². The van der Waals surface area contributed by atoms with E-state index in [1.54, 1.807) is 12.3 Å². The smallest absolute Gasteiger partial charge is 0.365 e. The summed E-state index contributed by atoms with van der Waals surface area (Å²) in [5, 5.41) is 6.34. The number of amides is 2. The van der Waals surface area contributed by atoms with Crippen molar-refractivity contribution in [2.24, 2.45) is 5.73 Å². The van der Waals surface area contributed by atoms with Gasteiger partial charge in [0, 0.05) is 37.5 Å². The van der Waals surface area contributed by atoms with Crippen molar-refractivity contribution in [2.45, 2.75) is 44.4 Å². The van der Waals surface area contributed by atoms with E-state index < -0.39 is 35.6 Å². The number of alkyl halides is 3. The summed E-state index contributed by atoms with van der Waals surface area (Å²) >= 11 is 11.4. The summed E-state index contributed by atoms with van der Waals surface area (Å²) in [6.07, 6.45) is -2.30. The number of hydrogen-bond donors (Lipinski definition) is 4. The monoisotopic (exact) mass is 609 g/mol. The van der Waals surface area contributed by atoms with Crippen LogP contribution in [0.2, 0.25) is 0 Å². The lowest BCUT2D eigenvalue weighted by atomic mass is 10.0. The van der Waals surface area contributed by atoms with Crippen LogP contribution in [0.15, 0.2) is 60.8 Å². The van der Waals surface area contributed by atoms with Crippen LogP contribution < -0.4 is 26.2 Å². The average molecular weight is 610 g/mol. The molecule has 0 saturated heterocycles. The van der Waals surface area contributed by atoms with E-state index in [1.165, 1.54) is 12.1 Å². The van der Waals surface area contributed by atoms with Crippen molar-refractivity contribution in [3.8, 4) is 0 Å². The van der Waals surface area contributed by atoms with Crippen molar-refractivity contribution in [1.29, 1.82) is 0 Å². The lowest BCUT2D eigenvalue weighted by molar-refractivity contribution is -0.343. The first-order valence-electron chi connectivity index (χ1n) is 13.1. The van der Waals surface area contributed by atoms with Crippen molar-refractivity contribution < 1.29 is 27.7 Å². The molecule has 2 aromatic carbocycles. The number of para-hydroxylation sites is 1. The summed E-state index contributed by atoms with van der Waals surface area (Å²) < 4.78 is 39.1. The zero-order valence-electron chi connectivity index (χ0n) is 22.4. The number of fused-ring (bicyclic) bond motifs is 1. The van der Waals surface area contributed by atoms with Gasteiger partial charge in [0.1, 0.15) is 17.8 Å². The van der Waals surface area contributed by atoms with Gasteiger partial charge in [-0.05, 0) is 61.4 Å². The predicted molar refractivity (Wildman–Crippen MR) is 157 cm³/mol. The van der Waals surface area contributed by atoms with Crippen LogP contribution in [0.3, 0.4) is 0 Å². The first-order valence-corrected chi connectivity index (χ1v) is 13.9. The number of likely N-dealkylation sites (N-methyl/N-ethyl adjacent to an activating group) is 1. The summed E-state index contributed by atoms with van der Waals surface area (Å²) in [6, 6.07) is 11.7. The number of halogens is 4. The Morgan fingerprint density at radius 1 is 1.10 bits per heavy atom. The molecule has 2 unspecified atom stereocenters. The van der Waals surface area contributed by atoms with E-state index in [0.29, 0.717) is 42.3 Å². The third-order valence-corrected chi connectivity index (χ3v) is 7.23. The van der Waals surface area contributed by atoms with Gasteiger partial charge in [0.05, 0.1) is 10.6 Å². The maximum atomic E-state index is 13.4. The third kappa shape index (κ3) is 9.35. The molecule has 0 bridgehead atoms. The van der Waals surface area contributed by atoms with Crippen LogP contribution in [0.1, 0.15) is 30.9 Å². The number of aromatic amines is 1. The number of anilines is 1. The topological polar surface area (TPSA) is 114 Å². The van der Waals surface area contributed by atoms with Crippen molar-refractivity contribution in [3.05, 3.63) is 71.9 Å². The minimum atomic E-state index is -4.49. The summed E-state index contributed by atoms with van der Waals surface area (Å²) in [4.78, 5) is 34.7. The number of nitrogens with two attached hydrogens (primary N) is 1. The molecular weight excluding hydrogens is 577 g/mol. The van der Waals surface area contributed by atoms with Crippen molar-refractivity contribution in [2.75, 3.05) is 25.0 Å². The molecule has 3 rings (SSSR count). The second kappa shape index (κ2) is 15.1. The van der Waals surface area contributed by atoms with Crippen LogP contribution in [0.25, 0.3) is 10.9 Å². The van der Waals surface area contributed by atoms with E-state index >= 15 is 0 Å². The van der Waals surface area contributed by atoms with Gasteiger partial charge in [0.2, 0.25) is 17.3 Å². The van der Waals surface area contributed by atoms with Gasteiger partial charge in [0.25, 0.3) is 0 Å². The summed E-state index contributed by atoms with van der Waals surface area (Å²) in [6.45, 7) is 3.63. The second-order valence-corrected chi connectivity index (χ2v) is 10.1. The number of thiocarbonyl (C=S) groups is 1. The van der Waals surface area contributed by atoms with Crippen LogP contribution in [0.5, 0.6) is 0 Å². The SMILES string of the molecule is CCN(CCN)C(=S)CCC(NCl)C(=O)NC(Cc1ccc(C(F)(F)F)cc1)C(=O)Nc1c[nH+]c2ccccc2c1. The minimum Gasteiger partial charge on any atom is -0.365 e. The van der Waals surface area contributed by atoms with Gasteiger partial charge < -0.3 is 21.3 Å². The number of carbonyl (C=O) groups excluding carboxylic acids is 2. The molecule has 1 aromatic heterocycles. The molecule has 0 aliphatic heterocycles. The number of nitrogens with zero attached hydrogens (tertiary/aromatic N) is 1. The number of rotatable bonds is 13. The zero-order valence-corrected chi connectivity index (χ0v) is 24.0. The molecule has 6 N–H and O–H groups in total. The van der Waals surface area contributed by atoms with Gasteiger partial charge in [0.15, 0.2) is 6.20 Å². The van der Waals surface area contributed by atoms with Crippen molar-refractivity contribution in [1.82, 2.24) is 15.1 Å². The molecule has 0 aliphatic rings. The van der Waals surface area contributed by atoms with E-state index in [4.69, 9.17) is 29.7 Å². The fourth-order valence-electron chi connectivity index (χ4n) is 4.24. The molecule has 0 saturated carbocycles. The first-order chi connectivity index (χ1) is 19.5. The lowest BCUT2D eigenvalue weighted by Crippen LogP contribution is -2.51. The Morgan fingerprint density at radius 3 is 2.44 bits per heavy atom. The molecule has 2 amide bonds. The summed E-state index contributed by atoms with van der Waals surface area (Å²) in [5.74, 6) is -1.10. The second-order valence-electron chi connectivity index (χ2n) is 9.39. The Bertz CT molecular complexity index is 1340. The minimum absolute atomic E-state index is 0.0550. The molecule has 1 heterocycles. The number of nitrogens with one attached hydrogen (secondary N) is 4. The van der Waals surface area contributed by atoms with E-state index in [0.717, 1.165) is 23.0 Å². The zero-order chi connectivity index (χ0) is 30.0. The Balaban J connectivity index is 1.77. The first kappa shape index (κ1) is 32.2. The molecular formula is C28H33ClF3N6O2S+. The average Bonchev–Trinajstić information content (AvgIpc) is 2.95. The number of pyridine rings is 1. The number of hydrogen-bond acceptors (Lipinski definition) is 5. The fourth-order valence-corrected chi connectivity index (χ4v) is 4.79. The maximum absolute atomic E-state index is 13.4. The van der Waals surface area contributed by atoms with Crippen molar-refractivity contribution >= 4 is 57.4 Å². The highest BCUT2D eigenvalue weighted by atomic mass is 35.5. The third-order valence-electron chi connectivity index (χ3n) is 6.51. The van der Waals surface area contributed by atoms with Crippen LogP contribution in [0.4, 0.5) is 18.9 Å². The van der Waals surface area contributed by atoms with Gasteiger partial charge in [-0.3, -0.25) is 9.59 Å². The number of H-pyrrole nitrogens is 1. The van der Waals surface area contributed by atoms with E-state index in [-0.39, 0.29) is 12.8 Å². The molecule has 0 fully saturated rings. The highest BCUT2D eigenvalue weighted by molar-refractivity contribution is 7.80. The molecule has 0 radical (unpaired) electrons. The van der Waals surface area contributed by atoms with Gasteiger partial charge in [-0.2, -0.15) is 13.2 Å². The highest BCUT2D eigenvalue weighted by Gasteiger charge is 2.31. The normalized spacial score (nSPS) is 12.9. The lowest BCUT2D eigenvalue weighted by Gasteiger charge is -2.25. The quantitative estimate of drug-likeness (QED) is 0.173. The highest BCUT2D eigenvalue weighted by Crippen LogP contribution is 2.29. The largest absolute Gasteiger partial charge is 0.416 e. The van der Waals surface area contributed by atoms with Crippen LogP contribution in [-0.4, -0.2) is 53.4 Å². The molecule has 3 aromatic rings. The molecule has 13 heteroatoms. The van der Waals surface area contributed by atoms with Crippen LogP contribution in [-0.2, 0) is 22.2 Å². The molecule has 0 spiro atoms. The van der Waals surface area contributed by atoms with Crippen LogP contribution >= 0.6 is 24.0 Å². The van der Waals surface area contributed by atoms with Gasteiger partial charge >= 0.3 is 6.18 Å². The number of benzene rings is 2. The van der Waals surface area contributed by atoms with Crippen molar-refractivity contribution in [3.63, 3.8) is 0 Å². The fraction of sp³-hybridized carbons (Fsp3) is 0.357.